The average Bonchev–Trinajstić information content (AvgIpc) is 2.93. The van der Waals surface area contributed by atoms with Gasteiger partial charge in [0.25, 0.3) is 5.91 Å². The van der Waals surface area contributed by atoms with Crippen LogP contribution >= 0.6 is 0 Å². The molecule has 6 heteroatoms. The van der Waals surface area contributed by atoms with E-state index in [0.29, 0.717) is 5.56 Å². The lowest BCUT2D eigenvalue weighted by molar-refractivity contribution is -0.127. The van der Waals surface area contributed by atoms with Crippen molar-refractivity contribution in [3.8, 4) is 11.1 Å². The van der Waals surface area contributed by atoms with Gasteiger partial charge in [0.05, 0.1) is 5.52 Å². The normalized spacial score (nSPS) is 20.7. The van der Waals surface area contributed by atoms with Gasteiger partial charge in [0.1, 0.15) is 11.6 Å². The van der Waals surface area contributed by atoms with E-state index in [1.807, 2.05) is 36.4 Å². The third-order valence-electron chi connectivity index (χ3n) is 4.77. The van der Waals surface area contributed by atoms with Crippen LogP contribution in [0.5, 0.6) is 0 Å². The highest BCUT2D eigenvalue weighted by Crippen LogP contribution is 2.30. The van der Waals surface area contributed by atoms with Crippen LogP contribution in [0.3, 0.4) is 0 Å². The number of hydrogen-bond acceptors (Lipinski definition) is 4. The highest BCUT2D eigenvalue weighted by atomic mass is 16.3. The summed E-state index contributed by atoms with van der Waals surface area (Å²) < 4.78 is 0. The fraction of sp³-hybridized carbons (Fsp3) is 0.150. The van der Waals surface area contributed by atoms with Crippen molar-refractivity contribution < 1.29 is 14.7 Å². The maximum atomic E-state index is 12.0. The zero-order valence-corrected chi connectivity index (χ0v) is 14.1. The molecule has 2 aromatic carbocycles. The van der Waals surface area contributed by atoms with Gasteiger partial charge in [0.15, 0.2) is 0 Å². The maximum Gasteiger partial charge on any atom is 0.322 e. The van der Waals surface area contributed by atoms with Gasteiger partial charge < -0.3 is 10.4 Å². The van der Waals surface area contributed by atoms with Gasteiger partial charge >= 0.3 is 6.03 Å². The molecule has 1 fully saturated rings. The van der Waals surface area contributed by atoms with E-state index in [1.54, 1.807) is 18.3 Å². The molecule has 0 radical (unpaired) electrons. The zero-order chi connectivity index (χ0) is 18.3. The Hall–Kier alpha value is -3.25. The summed E-state index contributed by atoms with van der Waals surface area (Å²) in [7, 11) is 0. The summed E-state index contributed by atoms with van der Waals surface area (Å²) in [6.07, 6.45) is 0.650. The first-order valence-electron chi connectivity index (χ1n) is 8.24. The summed E-state index contributed by atoms with van der Waals surface area (Å²) in [5, 5.41) is 16.3. The fourth-order valence-corrected chi connectivity index (χ4v) is 3.17. The van der Waals surface area contributed by atoms with E-state index in [1.165, 1.54) is 6.92 Å². The Kier molecular flexibility index (Phi) is 3.70. The van der Waals surface area contributed by atoms with E-state index in [9.17, 15) is 14.7 Å². The second-order valence-electron chi connectivity index (χ2n) is 6.55. The maximum absolute atomic E-state index is 12.0. The lowest BCUT2D eigenvalue weighted by atomic mass is 9.89. The van der Waals surface area contributed by atoms with Crippen LogP contribution in [0.2, 0.25) is 0 Å². The summed E-state index contributed by atoms with van der Waals surface area (Å²) in [5.74, 6) is -0.544. The van der Waals surface area contributed by atoms with Crippen LogP contribution in [0.1, 0.15) is 18.6 Å². The molecule has 0 spiro atoms. The van der Waals surface area contributed by atoms with Crippen LogP contribution < -0.4 is 10.6 Å². The van der Waals surface area contributed by atoms with E-state index >= 15 is 0 Å². The van der Waals surface area contributed by atoms with Gasteiger partial charge in [0.2, 0.25) is 0 Å². The number of amides is 3. The number of fused-ring (bicyclic) bond motifs is 1. The molecule has 4 rings (SSSR count). The lowest BCUT2D eigenvalue weighted by Gasteiger charge is -2.27. The largest absolute Gasteiger partial charge is 0.385 e. The summed E-state index contributed by atoms with van der Waals surface area (Å²) in [5.41, 5.74) is 2.00. The number of hydrogen-bond donors (Lipinski definition) is 3. The quantitative estimate of drug-likeness (QED) is 0.635. The van der Waals surface area contributed by atoms with Crippen LogP contribution in [-0.4, -0.2) is 27.6 Å². The van der Waals surface area contributed by atoms with Crippen molar-refractivity contribution in [2.24, 2.45) is 0 Å². The van der Waals surface area contributed by atoms with E-state index in [-0.39, 0.29) is 0 Å². The minimum absolute atomic E-state index is 0.544. The Morgan fingerprint density at radius 3 is 2.46 bits per heavy atom. The van der Waals surface area contributed by atoms with E-state index in [2.05, 4.69) is 21.7 Å². The number of para-hydroxylation sites is 1. The number of rotatable bonds is 3. The SMILES string of the molecule is CC1(C(O)c2ccc(-c3cnc4ccccc4c3)cc2)NC(=O)NC1=O. The first kappa shape index (κ1) is 16.2. The number of carbonyl (C=O) groups excluding carboxylic acids is 2. The van der Waals surface area contributed by atoms with Crippen LogP contribution in [0, 0.1) is 0 Å². The summed E-state index contributed by atoms with van der Waals surface area (Å²) >= 11 is 0. The molecule has 6 nitrogen and oxygen atoms in total. The van der Waals surface area contributed by atoms with Crippen molar-refractivity contribution in [2.45, 2.75) is 18.6 Å². The van der Waals surface area contributed by atoms with Gasteiger partial charge in [-0.05, 0) is 30.2 Å². The number of aromatic nitrogens is 1. The van der Waals surface area contributed by atoms with Crippen molar-refractivity contribution in [1.82, 2.24) is 15.6 Å². The first-order chi connectivity index (χ1) is 12.5. The Morgan fingerprint density at radius 1 is 1.04 bits per heavy atom. The molecule has 1 saturated heterocycles. The Morgan fingerprint density at radius 2 is 1.77 bits per heavy atom. The zero-order valence-electron chi connectivity index (χ0n) is 14.1. The smallest absolute Gasteiger partial charge is 0.322 e. The van der Waals surface area contributed by atoms with E-state index in [0.717, 1.165) is 22.0 Å². The molecule has 2 heterocycles. The predicted molar refractivity (Wildman–Crippen MR) is 97.2 cm³/mol. The van der Waals surface area contributed by atoms with Gasteiger partial charge in [-0.15, -0.1) is 0 Å². The average molecular weight is 347 g/mol. The molecule has 0 aliphatic carbocycles. The van der Waals surface area contributed by atoms with Crippen LogP contribution in [-0.2, 0) is 4.79 Å². The van der Waals surface area contributed by atoms with Gasteiger partial charge in [-0.3, -0.25) is 15.1 Å². The van der Waals surface area contributed by atoms with E-state index in [4.69, 9.17) is 0 Å². The summed E-state index contributed by atoms with van der Waals surface area (Å²) in [6.45, 7) is 1.50. The number of pyridine rings is 1. The number of nitrogens with zero attached hydrogens (tertiary/aromatic N) is 1. The summed E-state index contributed by atoms with van der Waals surface area (Å²) in [4.78, 5) is 27.8. The Balaban J connectivity index is 1.64. The molecule has 3 amide bonds. The van der Waals surface area contributed by atoms with Crippen molar-refractivity contribution in [1.29, 1.82) is 0 Å². The van der Waals surface area contributed by atoms with Gasteiger partial charge in [0, 0.05) is 17.1 Å². The lowest BCUT2D eigenvalue weighted by Crippen LogP contribution is -2.49. The standard InChI is InChI=1S/C20H17N3O3/c1-20(18(25)22-19(26)23-20)17(24)13-8-6-12(7-9-13)15-10-14-4-2-3-5-16(14)21-11-15/h2-11,17,24H,1H3,(H2,22,23,25,26). The van der Waals surface area contributed by atoms with Crippen molar-refractivity contribution in [3.05, 3.63) is 66.4 Å². The molecule has 26 heavy (non-hydrogen) atoms. The van der Waals surface area contributed by atoms with Gasteiger partial charge in [-0.2, -0.15) is 0 Å². The number of nitrogens with one attached hydrogen (secondary N) is 2. The van der Waals surface area contributed by atoms with Crippen LogP contribution in [0.25, 0.3) is 22.0 Å². The molecule has 3 aromatic rings. The number of aliphatic hydroxyl groups excluding tert-OH is 1. The molecule has 0 saturated carbocycles. The highest BCUT2D eigenvalue weighted by molar-refractivity contribution is 6.07. The molecule has 0 bridgehead atoms. The Bertz CT molecular complexity index is 1020. The summed E-state index contributed by atoms with van der Waals surface area (Å²) in [6, 6.07) is 16.6. The van der Waals surface area contributed by atoms with Gasteiger partial charge in [-0.1, -0.05) is 42.5 Å². The molecule has 1 aromatic heterocycles. The van der Waals surface area contributed by atoms with Crippen molar-refractivity contribution >= 4 is 22.8 Å². The highest BCUT2D eigenvalue weighted by Gasteiger charge is 2.48. The van der Waals surface area contributed by atoms with Crippen molar-refractivity contribution in [3.63, 3.8) is 0 Å². The number of aliphatic hydroxyl groups is 1. The number of benzene rings is 2. The monoisotopic (exact) mass is 347 g/mol. The molecule has 130 valence electrons. The fourth-order valence-electron chi connectivity index (χ4n) is 3.17. The molecule has 3 N–H and O–H groups in total. The van der Waals surface area contributed by atoms with Crippen LogP contribution in [0.4, 0.5) is 4.79 Å². The molecule has 2 atom stereocenters. The molecule has 1 aliphatic heterocycles. The van der Waals surface area contributed by atoms with Crippen LogP contribution in [0.15, 0.2) is 60.8 Å². The third-order valence-corrected chi connectivity index (χ3v) is 4.77. The Labute approximate surface area is 149 Å². The minimum atomic E-state index is -1.39. The van der Waals surface area contributed by atoms with Crippen molar-refractivity contribution in [2.75, 3.05) is 0 Å². The second kappa shape index (κ2) is 5.93. The molecule has 1 aliphatic rings. The number of carbonyl (C=O) groups is 2. The first-order valence-corrected chi connectivity index (χ1v) is 8.24. The predicted octanol–water partition coefficient (Wildman–Crippen LogP) is 2.53. The minimum Gasteiger partial charge on any atom is -0.385 e. The van der Waals surface area contributed by atoms with Gasteiger partial charge in [-0.25, -0.2) is 4.79 Å². The number of imide groups is 1. The third kappa shape index (κ3) is 2.60. The molecular formula is C20H17N3O3. The number of urea groups is 1. The van der Waals surface area contributed by atoms with E-state index < -0.39 is 23.6 Å². The molecular weight excluding hydrogens is 330 g/mol. The topological polar surface area (TPSA) is 91.3 Å². The molecule has 2 unspecified atom stereocenters. The second-order valence-corrected chi connectivity index (χ2v) is 6.55.